The summed E-state index contributed by atoms with van der Waals surface area (Å²) >= 11 is 0. The van der Waals surface area contributed by atoms with Gasteiger partial charge in [0.05, 0.1) is 6.61 Å². The van der Waals surface area contributed by atoms with Gasteiger partial charge in [0.15, 0.2) is 6.10 Å². The maximum atomic E-state index is 11.2. The quantitative estimate of drug-likeness (QED) is 0.486. The molecule has 0 aromatic carbocycles. The molecule has 1 atom stereocenters. The Balaban J connectivity index is 2.20. The molecule has 0 radical (unpaired) electrons. The number of cyclic esters (lactones) is 1. The molecule has 1 aliphatic heterocycles. The first-order valence-corrected chi connectivity index (χ1v) is 4.60. The average Bonchev–Trinajstić information content (AvgIpc) is 2.52. The zero-order valence-corrected chi connectivity index (χ0v) is 7.75. The van der Waals surface area contributed by atoms with E-state index in [1.807, 2.05) is 6.92 Å². The second-order valence-electron chi connectivity index (χ2n) is 3.04. The van der Waals surface area contributed by atoms with E-state index < -0.39 is 12.1 Å². The lowest BCUT2D eigenvalue weighted by Gasteiger charge is -2.08. The van der Waals surface area contributed by atoms with Gasteiger partial charge in [-0.05, 0) is 6.42 Å². The van der Waals surface area contributed by atoms with Crippen LogP contribution in [0.4, 0.5) is 0 Å². The van der Waals surface area contributed by atoms with Crippen LogP contribution in [-0.2, 0) is 19.1 Å². The smallest absolute Gasteiger partial charge is 0.347 e. The van der Waals surface area contributed by atoms with Crippen LogP contribution in [0.2, 0.25) is 0 Å². The molecule has 4 nitrogen and oxygen atoms in total. The Morgan fingerprint density at radius 2 is 2.46 bits per heavy atom. The molecule has 0 amide bonds. The van der Waals surface area contributed by atoms with E-state index in [0.29, 0.717) is 19.4 Å². The minimum atomic E-state index is -0.649. The third kappa shape index (κ3) is 3.05. The van der Waals surface area contributed by atoms with Gasteiger partial charge >= 0.3 is 11.9 Å². The minimum absolute atomic E-state index is 0.308. The van der Waals surface area contributed by atoms with Gasteiger partial charge in [-0.25, -0.2) is 4.79 Å². The molecule has 0 saturated carbocycles. The molecule has 0 N–H and O–H groups in total. The fraction of sp³-hybridized carbons (Fsp3) is 0.778. The maximum Gasteiger partial charge on any atom is 0.347 e. The van der Waals surface area contributed by atoms with Crippen LogP contribution < -0.4 is 0 Å². The summed E-state index contributed by atoms with van der Waals surface area (Å²) in [6, 6.07) is 0. The van der Waals surface area contributed by atoms with E-state index in [9.17, 15) is 9.59 Å². The monoisotopic (exact) mass is 186 g/mol. The lowest BCUT2D eigenvalue weighted by molar-refractivity contribution is -0.161. The number of carbonyl (C=O) groups excluding carboxylic acids is 2. The number of esters is 2. The molecule has 13 heavy (non-hydrogen) atoms. The number of hydrogen-bond donors (Lipinski definition) is 0. The molecule has 1 saturated heterocycles. The highest BCUT2D eigenvalue weighted by atomic mass is 16.6. The van der Waals surface area contributed by atoms with E-state index in [-0.39, 0.29) is 5.97 Å². The van der Waals surface area contributed by atoms with Crippen LogP contribution >= 0.6 is 0 Å². The lowest BCUT2D eigenvalue weighted by atomic mass is 10.2. The second-order valence-corrected chi connectivity index (χ2v) is 3.04. The van der Waals surface area contributed by atoms with Crippen molar-refractivity contribution in [2.75, 3.05) is 6.61 Å². The topological polar surface area (TPSA) is 52.6 Å². The molecule has 74 valence electrons. The standard InChI is InChI=1S/C9H14O4/c1-2-3-6-12-9(11)7-4-5-8(10)13-7/h7H,2-6H2,1H3. The largest absolute Gasteiger partial charge is 0.463 e. The summed E-state index contributed by atoms with van der Waals surface area (Å²) in [6.07, 6.45) is 1.98. The van der Waals surface area contributed by atoms with Gasteiger partial charge in [-0.1, -0.05) is 13.3 Å². The number of rotatable bonds is 4. The normalized spacial score (nSPS) is 21.3. The molecular formula is C9H14O4. The van der Waals surface area contributed by atoms with E-state index in [1.54, 1.807) is 0 Å². The van der Waals surface area contributed by atoms with Crippen molar-refractivity contribution in [3.8, 4) is 0 Å². The fourth-order valence-corrected chi connectivity index (χ4v) is 1.10. The predicted octanol–water partition coefficient (Wildman–Crippen LogP) is 1.04. The van der Waals surface area contributed by atoms with Crippen molar-refractivity contribution in [3.63, 3.8) is 0 Å². The molecule has 1 aliphatic rings. The molecule has 1 heterocycles. The van der Waals surface area contributed by atoms with Crippen molar-refractivity contribution in [1.82, 2.24) is 0 Å². The maximum absolute atomic E-state index is 11.2. The highest BCUT2D eigenvalue weighted by molar-refractivity contribution is 5.82. The average molecular weight is 186 g/mol. The van der Waals surface area contributed by atoms with Gasteiger partial charge in [0.2, 0.25) is 0 Å². The van der Waals surface area contributed by atoms with Crippen molar-refractivity contribution >= 4 is 11.9 Å². The van der Waals surface area contributed by atoms with Crippen LogP contribution in [0.25, 0.3) is 0 Å². The van der Waals surface area contributed by atoms with Gasteiger partial charge in [-0.3, -0.25) is 4.79 Å². The van der Waals surface area contributed by atoms with Crippen LogP contribution in [0.1, 0.15) is 32.6 Å². The van der Waals surface area contributed by atoms with Crippen molar-refractivity contribution < 1.29 is 19.1 Å². The zero-order valence-electron chi connectivity index (χ0n) is 7.75. The van der Waals surface area contributed by atoms with Gasteiger partial charge in [0.1, 0.15) is 0 Å². The van der Waals surface area contributed by atoms with E-state index in [4.69, 9.17) is 9.47 Å². The van der Waals surface area contributed by atoms with Crippen LogP contribution in [0.5, 0.6) is 0 Å². The number of ether oxygens (including phenoxy) is 2. The zero-order chi connectivity index (χ0) is 9.68. The Labute approximate surface area is 77.2 Å². The summed E-state index contributed by atoms with van der Waals surface area (Å²) in [5.41, 5.74) is 0. The van der Waals surface area contributed by atoms with Crippen molar-refractivity contribution in [2.45, 2.75) is 38.7 Å². The Morgan fingerprint density at radius 1 is 1.69 bits per heavy atom. The Morgan fingerprint density at radius 3 is 3.00 bits per heavy atom. The molecule has 0 spiro atoms. The molecule has 0 bridgehead atoms. The fourth-order valence-electron chi connectivity index (χ4n) is 1.10. The molecule has 1 unspecified atom stereocenters. The molecule has 0 aromatic rings. The predicted molar refractivity (Wildman–Crippen MR) is 45.0 cm³/mol. The van der Waals surface area contributed by atoms with Crippen LogP contribution in [0.3, 0.4) is 0 Å². The van der Waals surface area contributed by atoms with Crippen LogP contribution in [0.15, 0.2) is 0 Å². The number of unbranched alkanes of at least 4 members (excludes halogenated alkanes) is 1. The SMILES string of the molecule is CCCCOC(=O)C1CCC(=O)O1. The van der Waals surface area contributed by atoms with Gasteiger partial charge in [-0.2, -0.15) is 0 Å². The molecule has 0 aliphatic carbocycles. The van der Waals surface area contributed by atoms with Gasteiger partial charge in [0.25, 0.3) is 0 Å². The van der Waals surface area contributed by atoms with E-state index in [2.05, 4.69) is 0 Å². The van der Waals surface area contributed by atoms with Crippen LogP contribution in [-0.4, -0.2) is 24.6 Å². The molecule has 4 heteroatoms. The van der Waals surface area contributed by atoms with E-state index >= 15 is 0 Å². The Bertz CT molecular complexity index is 200. The van der Waals surface area contributed by atoms with Crippen molar-refractivity contribution in [1.29, 1.82) is 0 Å². The molecular weight excluding hydrogens is 172 g/mol. The highest BCUT2D eigenvalue weighted by Gasteiger charge is 2.30. The number of hydrogen-bond acceptors (Lipinski definition) is 4. The summed E-state index contributed by atoms with van der Waals surface area (Å²) in [5.74, 6) is -0.711. The van der Waals surface area contributed by atoms with Gasteiger partial charge in [-0.15, -0.1) is 0 Å². The van der Waals surface area contributed by atoms with Crippen molar-refractivity contribution in [3.05, 3.63) is 0 Å². The first-order valence-electron chi connectivity index (χ1n) is 4.60. The Hall–Kier alpha value is -1.06. The first-order chi connectivity index (χ1) is 6.24. The summed E-state index contributed by atoms with van der Waals surface area (Å²) < 4.78 is 9.64. The molecule has 1 fully saturated rings. The third-order valence-corrected chi connectivity index (χ3v) is 1.89. The van der Waals surface area contributed by atoms with Gasteiger partial charge < -0.3 is 9.47 Å². The third-order valence-electron chi connectivity index (χ3n) is 1.89. The van der Waals surface area contributed by atoms with Gasteiger partial charge in [0, 0.05) is 12.8 Å². The van der Waals surface area contributed by atoms with Crippen LogP contribution in [0, 0.1) is 0 Å². The highest BCUT2D eigenvalue weighted by Crippen LogP contribution is 2.14. The summed E-state index contributed by atoms with van der Waals surface area (Å²) in [7, 11) is 0. The van der Waals surface area contributed by atoms with E-state index in [0.717, 1.165) is 12.8 Å². The van der Waals surface area contributed by atoms with Crippen molar-refractivity contribution in [2.24, 2.45) is 0 Å². The summed E-state index contributed by atoms with van der Waals surface area (Å²) in [4.78, 5) is 21.8. The Kier molecular flexibility index (Phi) is 3.73. The van der Waals surface area contributed by atoms with E-state index in [1.165, 1.54) is 0 Å². The molecule has 1 rings (SSSR count). The minimum Gasteiger partial charge on any atom is -0.463 e. The molecule has 0 aromatic heterocycles. The lowest BCUT2D eigenvalue weighted by Crippen LogP contribution is -2.23. The summed E-state index contributed by atoms with van der Waals surface area (Å²) in [6.45, 7) is 2.44. The summed E-state index contributed by atoms with van der Waals surface area (Å²) in [5, 5.41) is 0. The first kappa shape index (κ1) is 10.0. The number of carbonyl (C=O) groups is 2. The second kappa shape index (κ2) is 4.84.